The summed E-state index contributed by atoms with van der Waals surface area (Å²) in [6, 6.07) is 15.1. The van der Waals surface area contributed by atoms with Crippen molar-refractivity contribution in [3.8, 4) is 0 Å². The fraction of sp³-hybridized carbons (Fsp3) is 0.308. The molecule has 4 rings (SSSR count). The predicted octanol–water partition coefficient (Wildman–Crippen LogP) is 4.46. The number of hydrogen-bond donors (Lipinski definition) is 3. The molecule has 0 unspecified atom stereocenters. The Labute approximate surface area is 210 Å². The number of alkyl halides is 3. The number of carbonyl (C=O) groups is 1. The Morgan fingerprint density at radius 2 is 1.72 bits per heavy atom. The van der Waals surface area contributed by atoms with Crippen molar-refractivity contribution in [3.63, 3.8) is 0 Å². The third-order valence-corrected chi connectivity index (χ3v) is 6.69. The standard InChI is InChI=1S/C26H25ClF3N3O3/c27-19-7-5-18(6-8-19)25(36)11-13-33(14-12-25)16-20-9-10-21(24(35)32-20)23(34)31-15-17-3-1-2-4-22(17)26(28,29)30/h1-10,36H,11-16H2,(H,31,34)(H,32,35). The Bertz CT molecular complexity index is 1280. The monoisotopic (exact) mass is 519 g/mol. The molecule has 1 aromatic heterocycles. The quantitative estimate of drug-likeness (QED) is 0.449. The number of likely N-dealkylation sites (tertiary alicyclic amines) is 1. The van der Waals surface area contributed by atoms with E-state index in [2.05, 4.69) is 15.2 Å². The first kappa shape index (κ1) is 25.9. The molecule has 1 fully saturated rings. The maximum Gasteiger partial charge on any atom is 0.416 e. The molecule has 0 aliphatic carbocycles. The molecule has 0 bridgehead atoms. The van der Waals surface area contributed by atoms with Crippen LogP contribution in [-0.2, 0) is 24.9 Å². The summed E-state index contributed by atoms with van der Waals surface area (Å²) in [5, 5.41) is 14.0. The van der Waals surface area contributed by atoms with Crippen molar-refractivity contribution < 1.29 is 23.1 Å². The summed E-state index contributed by atoms with van der Waals surface area (Å²) < 4.78 is 39.4. The first-order valence-electron chi connectivity index (χ1n) is 11.4. The minimum absolute atomic E-state index is 0.0879. The smallest absolute Gasteiger partial charge is 0.385 e. The number of rotatable bonds is 6. The first-order chi connectivity index (χ1) is 17.0. The van der Waals surface area contributed by atoms with E-state index in [0.717, 1.165) is 11.6 Å². The predicted molar refractivity (Wildman–Crippen MR) is 130 cm³/mol. The second kappa shape index (κ2) is 10.5. The number of benzene rings is 2. The zero-order chi connectivity index (χ0) is 25.9. The fourth-order valence-electron chi connectivity index (χ4n) is 4.38. The van der Waals surface area contributed by atoms with Gasteiger partial charge in [0.25, 0.3) is 11.5 Å². The van der Waals surface area contributed by atoms with E-state index in [1.165, 1.54) is 24.3 Å². The molecule has 3 N–H and O–H groups in total. The number of aliphatic hydroxyl groups is 1. The number of aromatic amines is 1. The Morgan fingerprint density at radius 3 is 2.36 bits per heavy atom. The summed E-state index contributed by atoms with van der Waals surface area (Å²) in [4.78, 5) is 29.7. The van der Waals surface area contributed by atoms with Gasteiger partial charge in [0.1, 0.15) is 5.56 Å². The SMILES string of the molecule is O=C(NCc1ccccc1C(F)(F)F)c1ccc(CN2CCC(O)(c3ccc(Cl)cc3)CC2)[nH]c1=O. The van der Waals surface area contributed by atoms with Gasteiger partial charge in [-0.2, -0.15) is 13.2 Å². The Hall–Kier alpha value is -3.14. The fourth-order valence-corrected chi connectivity index (χ4v) is 4.50. The molecule has 10 heteroatoms. The number of H-pyrrole nitrogens is 1. The summed E-state index contributed by atoms with van der Waals surface area (Å²) in [6.45, 7) is 1.26. The van der Waals surface area contributed by atoms with Gasteiger partial charge in [0, 0.05) is 36.9 Å². The van der Waals surface area contributed by atoms with Gasteiger partial charge >= 0.3 is 6.18 Å². The molecular formula is C26H25ClF3N3O3. The molecule has 0 atom stereocenters. The highest BCUT2D eigenvalue weighted by Crippen LogP contribution is 2.34. The molecule has 3 aromatic rings. The number of halogens is 4. The van der Waals surface area contributed by atoms with Crippen LogP contribution in [0.15, 0.2) is 65.5 Å². The lowest BCUT2D eigenvalue weighted by atomic mass is 9.84. The zero-order valence-corrected chi connectivity index (χ0v) is 20.0. The summed E-state index contributed by atoms with van der Waals surface area (Å²) in [7, 11) is 0. The molecule has 36 heavy (non-hydrogen) atoms. The van der Waals surface area contributed by atoms with Crippen molar-refractivity contribution in [1.29, 1.82) is 0 Å². The van der Waals surface area contributed by atoms with E-state index in [1.54, 1.807) is 18.2 Å². The van der Waals surface area contributed by atoms with Crippen LogP contribution in [0.5, 0.6) is 0 Å². The van der Waals surface area contributed by atoms with Gasteiger partial charge in [-0.05, 0) is 54.3 Å². The topological polar surface area (TPSA) is 85.4 Å². The lowest BCUT2D eigenvalue weighted by molar-refractivity contribution is -0.138. The molecule has 190 valence electrons. The highest BCUT2D eigenvalue weighted by molar-refractivity contribution is 6.30. The van der Waals surface area contributed by atoms with E-state index in [4.69, 9.17) is 11.6 Å². The van der Waals surface area contributed by atoms with Crippen LogP contribution in [0.1, 0.15) is 45.6 Å². The molecule has 1 saturated heterocycles. The number of nitrogens with zero attached hydrogens (tertiary/aromatic N) is 1. The minimum Gasteiger partial charge on any atom is -0.385 e. The van der Waals surface area contributed by atoms with Crippen molar-refractivity contribution in [2.75, 3.05) is 13.1 Å². The van der Waals surface area contributed by atoms with Crippen LogP contribution in [-0.4, -0.2) is 34.0 Å². The van der Waals surface area contributed by atoms with Crippen molar-refractivity contribution in [2.24, 2.45) is 0 Å². The normalized spacial score (nSPS) is 16.0. The van der Waals surface area contributed by atoms with Crippen molar-refractivity contribution in [2.45, 2.75) is 37.7 Å². The molecule has 0 spiro atoms. The lowest BCUT2D eigenvalue weighted by Crippen LogP contribution is -2.42. The molecule has 1 aliphatic rings. The second-order valence-electron chi connectivity index (χ2n) is 8.88. The van der Waals surface area contributed by atoms with E-state index in [-0.39, 0.29) is 17.7 Å². The average molecular weight is 520 g/mol. The highest BCUT2D eigenvalue weighted by atomic mass is 35.5. The van der Waals surface area contributed by atoms with E-state index in [1.807, 2.05) is 12.1 Å². The Balaban J connectivity index is 1.35. The van der Waals surface area contributed by atoms with Crippen LogP contribution < -0.4 is 10.9 Å². The van der Waals surface area contributed by atoms with E-state index in [9.17, 15) is 27.9 Å². The third-order valence-electron chi connectivity index (χ3n) is 6.44. The van der Waals surface area contributed by atoms with Crippen LogP contribution in [0.3, 0.4) is 0 Å². The zero-order valence-electron chi connectivity index (χ0n) is 19.2. The van der Waals surface area contributed by atoms with Gasteiger partial charge in [0.2, 0.25) is 0 Å². The van der Waals surface area contributed by atoms with Crippen molar-refractivity contribution >= 4 is 17.5 Å². The van der Waals surface area contributed by atoms with Crippen LogP contribution in [0.2, 0.25) is 5.02 Å². The van der Waals surface area contributed by atoms with Crippen LogP contribution >= 0.6 is 11.6 Å². The number of carbonyl (C=O) groups excluding carboxylic acids is 1. The van der Waals surface area contributed by atoms with E-state index >= 15 is 0 Å². The first-order valence-corrected chi connectivity index (χ1v) is 11.8. The molecule has 2 aromatic carbocycles. The van der Waals surface area contributed by atoms with Gasteiger partial charge in [-0.25, -0.2) is 0 Å². The van der Waals surface area contributed by atoms with Gasteiger partial charge in [0.15, 0.2) is 0 Å². The van der Waals surface area contributed by atoms with Crippen LogP contribution in [0.4, 0.5) is 13.2 Å². The molecule has 0 saturated carbocycles. The lowest BCUT2D eigenvalue weighted by Gasteiger charge is -2.38. The summed E-state index contributed by atoms with van der Waals surface area (Å²) in [5.41, 5.74) is -1.26. The molecule has 6 nitrogen and oxygen atoms in total. The van der Waals surface area contributed by atoms with Gasteiger partial charge in [-0.1, -0.05) is 41.9 Å². The average Bonchev–Trinajstić information content (AvgIpc) is 2.84. The minimum atomic E-state index is -4.54. The number of nitrogens with one attached hydrogen (secondary N) is 2. The summed E-state index contributed by atoms with van der Waals surface area (Å²) in [6.07, 6.45) is -3.52. The maximum atomic E-state index is 13.1. The maximum absolute atomic E-state index is 13.1. The Kier molecular flexibility index (Phi) is 7.54. The third kappa shape index (κ3) is 5.98. The molecule has 1 aliphatic heterocycles. The number of pyridine rings is 1. The number of aromatic nitrogens is 1. The van der Waals surface area contributed by atoms with E-state index < -0.39 is 28.8 Å². The highest BCUT2D eigenvalue weighted by Gasteiger charge is 2.34. The molecular weight excluding hydrogens is 495 g/mol. The van der Waals surface area contributed by atoms with Gasteiger partial charge in [0.05, 0.1) is 11.2 Å². The van der Waals surface area contributed by atoms with Gasteiger partial charge < -0.3 is 15.4 Å². The van der Waals surface area contributed by atoms with Gasteiger partial charge in [-0.3, -0.25) is 14.5 Å². The molecule has 2 heterocycles. The van der Waals surface area contributed by atoms with Crippen LogP contribution in [0.25, 0.3) is 0 Å². The van der Waals surface area contributed by atoms with E-state index in [0.29, 0.717) is 43.2 Å². The Morgan fingerprint density at radius 1 is 1.06 bits per heavy atom. The summed E-state index contributed by atoms with van der Waals surface area (Å²) in [5.74, 6) is -0.759. The number of hydrogen-bond acceptors (Lipinski definition) is 4. The summed E-state index contributed by atoms with van der Waals surface area (Å²) >= 11 is 5.94. The molecule has 0 radical (unpaired) electrons. The van der Waals surface area contributed by atoms with Gasteiger partial charge in [-0.15, -0.1) is 0 Å². The largest absolute Gasteiger partial charge is 0.416 e. The molecule has 1 amide bonds. The number of piperidine rings is 1. The number of amides is 1. The van der Waals surface area contributed by atoms with Crippen molar-refractivity contribution in [3.05, 3.63) is 104 Å². The second-order valence-corrected chi connectivity index (χ2v) is 9.32. The van der Waals surface area contributed by atoms with Crippen molar-refractivity contribution in [1.82, 2.24) is 15.2 Å². The van der Waals surface area contributed by atoms with Crippen LogP contribution in [0, 0.1) is 0 Å².